The van der Waals surface area contributed by atoms with E-state index in [0.29, 0.717) is 11.4 Å². The summed E-state index contributed by atoms with van der Waals surface area (Å²) in [6.07, 6.45) is 5.27. The van der Waals surface area contributed by atoms with Crippen LogP contribution in [0.25, 0.3) is 0 Å². The molecule has 2 aromatic rings. The summed E-state index contributed by atoms with van der Waals surface area (Å²) in [4.78, 5) is 28.4. The van der Waals surface area contributed by atoms with Gasteiger partial charge in [-0.1, -0.05) is 72.8 Å². The highest BCUT2D eigenvalue weighted by Crippen LogP contribution is 2.34. The Balaban J connectivity index is 1.94. The van der Waals surface area contributed by atoms with Crippen LogP contribution in [0.2, 0.25) is 15.1 Å². The van der Waals surface area contributed by atoms with Crippen molar-refractivity contribution in [2.75, 3.05) is 17.1 Å². The van der Waals surface area contributed by atoms with E-state index in [9.17, 15) is 18.0 Å². The Morgan fingerprint density at radius 1 is 1.06 bits per heavy atom. The molecule has 0 spiro atoms. The fourth-order valence-corrected chi connectivity index (χ4v) is 5.78. The van der Waals surface area contributed by atoms with Crippen LogP contribution in [0.3, 0.4) is 0 Å². The Labute approximate surface area is 227 Å². The molecule has 1 atom stereocenters. The van der Waals surface area contributed by atoms with E-state index in [4.69, 9.17) is 34.8 Å². The Morgan fingerprint density at radius 2 is 1.69 bits per heavy atom. The molecule has 0 radical (unpaired) electrons. The van der Waals surface area contributed by atoms with Crippen LogP contribution in [0, 0.1) is 0 Å². The summed E-state index contributed by atoms with van der Waals surface area (Å²) in [7, 11) is -3.91. The Bertz CT molecular complexity index is 1190. The van der Waals surface area contributed by atoms with Gasteiger partial charge in [0.05, 0.1) is 22.0 Å². The number of nitrogens with zero attached hydrogens (tertiary/aromatic N) is 2. The number of carbonyl (C=O) groups excluding carboxylic acids is 2. The summed E-state index contributed by atoms with van der Waals surface area (Å²) in [6.45, 7) is 1.39. The highest BCUT2D eigenvalue weighted by Gasteiger charge is 2.33. The third-order valence-electron chi connectivity index (χ3n) is 6.23. The third kappa shape index (κ3) is 7.28. The van der Waals surface area contributed by atoms with Crippen molar-refractivity contribution in [3.8, 4) is 0 Å². The number of anilines is 1. The first-order valence-corrected chi connectivity index (χ1v) is 14.8. The van der Waals surface area contributed by atoms with Crippen molar-refractivity contribution in [1.82, 2.24) is 10.2 Å². The smallest absolute Gasteiger partial charge is 0.244 e. The summed E-state index contributed by atoms with van der Waals surface area (Å²) in [6, 6.07) is 10.8. The number of nitrogens with one attached hydrogen (secondary N) is 1. The summed E-state index contributed by atoms with van der Waals surface area (Å²) in [5, 5.41) is 3.79. The lowest BCUT2D eigenvalue weighted by Crippen LogP contribution is -2.53. The van der Waals surface area contributed by atoms with Gasteiger partial charge in [0.15, 0.2) is 0 Å². The number of halogens is 3. The molecule has 196 valence electrons. The molecule has 1 saturated carbocycles. The molecule has 0 heterocycles. The van der Waals surface area contributed by atoms with Gasteiger partial charge in [-0.3, -0.25) is 13.9 Å². The number of carbonyl (C=O) groups is 2. The van der Waals surface area contributed by atoms with Crippen molar-refractivity contribution in [3.63, 3.8) is 0 Å². The SMILES string of the molecule is CC[C@@H](C(=O)NC1CCCC1)N(Cc1ccc(Cl)cc1)C(=O)CN(c1cccc(Cl)c1Cl)S(C)(=O)=O. The van der Waals surface area contributed by atoms with Crippen LogP contribution >= 0.6 is 34.8 Å². The van der Waals surface area contributed by atoms with Gasteiger partial charge in [0.1, 0.15) is 12.6 Å². The molecule has 1 fully saturated rings. The molecule has 11 heteroatoms. The van der Waals surface area contributed by atoms with Gasteiger partial charge in [0, 0.05) is 17.6 Å². The molecule has 2 aromatic carbocycles. The molecule has 2 amide bonds. The van der Waals surface area contributed by atoms with Crippen molar-refractivity contribution in [3.05, 3.63) is 63.1 Å². The maximum absolute atomic E-state index is 13.7. The number of hydrogen-bond acceptors (Lipinski definition) is 4. The highest BCUT2D eigenvalue weighted by atomic mass is 35.5. The lowest BCUT2D eigenvalue weighted by Gasteiger charge is -2.33. The van der Waals surface area contributed by atoms with E-state index in [1.54, 1.807) is 30.3 Å². The quantitative estimate of drug-likeness (QED) is 0.418. The minimum atomic E-state index is -3.91. The fraction of sp³-hybridized carbons (Fsp3) is 0.440. The first kappa shape index (κ1) is 28.6. The predicted octanol–water partition coefficient (Wildman–Crippen LogP) is 5.28. The van der Waals surface area contributed by atoms with Crippen LogP contribution in [0.15, 0.2) is 42.5 Å². The van der Waals surface area contributed by atoms with Crippen molar-refractivity contribution in [2.24, 2.45) is 0 Å². The average Bonchev–Trinajstić information content (AvgIpc) is 3.33. The zero-order valence-corrected chi connectivity index (χ0v) is 23.3. The van der Waals surface area contributed by atoms with Gasteiger partial charge >= 0.3 is 0 Å². The minimum Gasteiger partial charge on any atom is -0.352 e. The van der Waals surface area contributed by atoms with Crippen LogP contribution in [0.1, 0.15) is 44.6 Å². The number of rotatable bonds is 10. The first-order valence-electron chi connectivity index (χ1n) is 11.8. The summed E-state index contributed by atoms with van der Waals surface area (Å²) in [5.74, 6) is -0.793. The number of sulfonamides is 1. The molecule has 3 rings (SSSR count). The predicted molar refractivity (Wildman–Crippen MR) is 145 cm³/mol. The van der Waals surface area contributed by atoms with Gasteiger partial charge < -0.3 is 10.2 Å². The van der Waals surface area contributed by atoms with Crippen LogP contribution in [0.4, 0.5) is 5.69 Å². The molecule has 1 aliphatic carbocycles. The Hall–Kier alpha value is -2.00. The van der Waals surface area contributed by atoms with Crippen molar-refractivity contribution >= 4 is 62.3 Å². The zero-order chi connectivity index (χ0) is 26.5. The van der Waals surface area contributed by atoms with Gasteiger partial charge in [0.25, 0.3) is 0 Å². The normalized spacial score (nSPS) is 14.9. The average molecular weight is 575 g/mol. The third-order valence-corrected chi connectivity index (χ3v) is 8.42. The van der Waals surface area contributed by atoms with Gasteiger partial charge in [-0.2, -0.15) is 0 Å². The van der Waals surface area contributed by atoms with Gasteiger partial charge in [0.2, 0.25) is 21.8 Å². The lowest BCUT2D eigenvalue weighted by atomic mass is 10.1. The van der Waals surface area contributed by atoms with E-state index in [1.807, 2.05) is 6.92 Å². The number of amides is 2. The second-order valence-corrected chi connectivity index (χ2v) is 12.0. The molecular weight excluding hydrogens is 545 g/mol. The first-order chi connectivity index (χ1) is 17.0. The van der Waals surface area contributed by atoms with E-state index in [0.717, 1.165) is 41.8 Å². The van der Waals surface area contributed by atoms with Gasteiger partial charge in [-0.05, 0) is 49.1 Å². The van der Waals surface area contributed by atoms with Crippen molar-refractivity contribution in [1.29, 1.82) is 0 Å². The van der Waals surface area contributed by atoms with Crippen LogP contribution in [-0.4, -0.2) is 50.0 Å². The Morgan fingerprint density at radius 3 is 2.28 bits per heavy atom. The standard InChI is InChI=1S/C25H30Cl3N3O4S/c1-3-21(25(33)29-19-7-4-5-8-19)30(15-17-11-13-18(26)14-12-17)23(32)16-31(36(2,34)35)22-10-6-9-20(27)24(22)28/h6,9-14,19,21H,3-5,7-8,15-16H2,1-2H3,(H,29,33)/t21-/m0/s1. The second kappa shape index (κ2) is 12.5. The summed E-state index contributed by atoms with van der Waals surface area (Å²) >= 11 is 18.4. The van der Waals surface area contributed by atoms with Gasteiger partial charge in [-0.15, -0.1) is 0 Å². The molecule has 0 aromatic heterocycles. The fourth-order valence-electron chi connectivity index (χ4n) is 4.35. The number of hydrogen-bond donors (Lipinski definition) is 1. The van der Waals surface area contributed by atoms with E-state index in [-0.39, 0.29) is 34.2 Å². The molecule has 0 unspecified atom stereocenters. The highest BCUT2D eigenvalue weighted by molar-refractivity contribution is 7.92. The molecule has 1 aliphatic rings. The molecule has 1 N–H and O–H groups in total. The van der Waals surface area contributed by atoms with Gasteiger partial charge in [-0.25, -0.2) is 8.42 Å². The van der Waals surface area contributed by atoms with Crippen LogP contribution < -0.4 is 9.62 Å². The minimum absolute atomic E-state index is 0.0210. The molecule has 36 heavy (non-hydrogen) atoms. The van der Waals surface area contributed by atoms with Crippen LogP contribution in [0.5, 0.6) is 0 Å². The largest absolute Gasteiger partial charge is 0.352 e. The van der Waals surface area contributed by atoms with E-state index in [2.05, 4.69) is 5.32 Å². The summed E-state index contributed by atoms with van der Waals surface area (Å²) in [5.41, 5.74) is 0.849. The topological polar surface area (TPSA) is 86.8 Å². The maximum Gasteiger partial charge on any atom is 0.244 e. The monoisotopic (exact) mass is 573 g/mol. The van der Waals surface area contributed by atoms with E-state index < -0.39 is 28.5 Å². The molecule has 0 aliphatic heterocycles. The van der Waals surface area contributed by atoms with E-state index in [1.165, 1.54) is 17.0 Å². The summed E-state index contributed by atoms with van der Waals surface area (Å²) < 4.78 is 26.3. The maximum atomic E-state index is 13.7. The van der Waals surface area contributed by atoms with E-state index >= 15 is 0 Å². The van der Waals surface area contributed by atoms with Crippen molar-refractivity contribution < 1.29 is 18.0 Å². The molecular formula is C25H30Cl3N3O4S. The molecule has 0 saturated heterocycles. The lowest BCUT2D eigenvalue weighted by molar-refractivity contribution is -0.140. The zero-order valence-electron chi connectivity index (χ0n) is 20.2. The van der Waals surface area contributed by atoms with Crippen molar-refractivity contribution in [2.45, 2.75) is 57.7 Å². The number of benzene rings is 2. The Kier molecular flexibility index (Phi) is 9.92. The molecule has 0 bridgehead atoms. The second-order valence-electron chi connectivity index (χ2n) is 8.90. The molecule has 7 nitrogen and oxygen atoms in total. The van der Waals surface area contributed by atoms with Crippen LogP contribution in [-0.2, 0) is 26.2 Å².